The molecule has 0 heteroatoms. The van der Waals surface area contributed by atoms with E-state index >= 15 is 0 Å². The van der Waals surface area contributed by atoms with E-state index in [0.29, 0.717) is 5.92 Å². The first-order chi connectivity index (χ1) is 34.1. The molecular weight excluding hydrogens is 841 g/mol. The van der Waals surface area contributed by atoms with Gasteiger partial charge >= 0.3 is 0 Å². The smallest absolute Gasteiger partial charge is 0.0202 e. The number of hydrogen-bond donors (Lipinski definition) is 0. The largest absolute Gasteiger partial charge is 0.0996 e. The lowest BCUT2D eigenvalue weighted by Crippen LogP contribution is -2.22. The molecule has 0 aromatic rings. The van der Waals surface area contributed by atoms with Crippen LogP contribution in [0.1, 0.15) is 319 Å². The van der Waals surface area contributed by atoms with Gasteiger partial charge in [-0.25, -0.2) is 0 Å². The van der Waals surface area contributed by atoms with Gasteiger partial charge in [-0.2, -0.15) is 0 Å². The lowest BCUT2D eigenvalue weighted by molar-refractivity contribution is 0.187. The Labute approximate surface area is 442 Å². The lowest BCUT2D eigenvalue weighted by Gasteiger charge is -2.33. The SMILES string of the molecule is C=C(CCC(CC)C1CCC2CCCCC2CC1C)C(C)CCC1CCC(C2C=CCC(C(C)CCCC)C2)C1.CCC1CCCCC1C1CC1.CCCCCCCCCC(CC)C1CCC(C)CC1. The van der Waals surface area contributed by atoms with Crippen molar-refractivity contribution in [3.8, 4) is 0 Å². The number of fused-ring (bicyclic) bond motifs is 1. The predicted molar refractivity (Wildman–Crippen MR) is 313 cm³/mol. The zero-order valence-electron chi connectivity index (χ0n) is 49.5. The summed E-state index contributed by atoms with van der Waals surface area (Å²) >= 11 is 0. The Balaban J connectivity index is 0.000000248. The van der Waals surface area contributed by atoms with Crippen molar-refractivity contribution in [3.63, 3.8) is 0 Å². The Morgan fingerprint density at radius 2 is 1.20 bits per heavy atom. The second kappa shape index (κ2) is 34.2. The summed E-state index contributed by atoms with van der Waals surface area (Å²) in [5, 5.41) is 0. The average molecular weight is 970 g/mol. The Hall–Kier alpha value is -0.520. The molecule has 0 aromatic carbocycles. The topological polar surface area (TPSA) is 0 Å². The van der Waals surface area contributed by atoms with Gasteiger partial charge in [0.1, 0.15) is 0 Å². The van der Waals surface area contributed by atoms with Crippen LogP contribution in [-0.2, 0) is 0 Å². The number of allylic oxidation sites excluding steroid dienone is 3. The third kappa shape index (κ3) is 20.9. The van der Waals surface area contributed by atoms with Crippen LogP contribution in [-0.4, -0.2) is 0 Å². The average Bonchev–Trinajstić information content (AvgIpc) is 4.16. The van der Waals surface area contributed by atoms with Crippen LogP contribution in [0.15, 0.2) is 24.3 Å². The van der Waals surface area contributed by atoms with Crippen molar-refractivity contribution in [2.75, 3.05) is 0 Å². The van der Waals surface area contributed by atoms with E-state index in [9.17, 15) is 0 Å². The summed E-state index contributed by atoms with van der Waals surface area (Å²) in [6, 6.07) is 0. The summed E-state index contributed by atoms with van der Waals surface area (Å²) in [4.78, 5) is 0. The normalized spacial score (nSPS) is 34.1. The summed E-state index contributed by atoms with van der Waals surface area (Å²) < 4.78 is 0. The molecule has 0 radical (unpaired) electrons. The van der Waals surface area contributed by atoms with E-state index in [-0.39, 0.29) is 0 Å². The monoisotopic (exact) mass is 969 g/mol. The van der Waals surface area contributed by atoms with E-state index in [4.69, 9.17) is 0 Å². The van der Waals surface area contributed by atoms with Gasteiger partial charge in [0.15, 0.2) is 0 Å². The van der Waals surface area contributed by atoms with Gasteiger partial charge in [0.05, 0.1) is 0 Å². The molecule has 0 saturated heterocycles. The first kappa shape index (κ1) is 60.3. The minimum absolute atomic E-state index is 0.712. The van der Waals surface area contributed by atoms with E-state index in [1.807, 2.05) is 0 Å². The van der Waals surface area contributed by atoms with Crippen molar-refractivity contribution in [2.45, 2.75) is 319 Å². The third-order valence-corrected chi connectivity index (χ3v) is 22.6. The Kier molecular flexibility index (Phi) is 29.5. The van der Waals surface area contributed by atoms with Crippen molar-refractivity contribution in [1.82, 2.24) is 0 Å². The highest BCUT2D eigenvalue weighted by atomic mass is 14.4. The van der Waals surface area contributed by atoms with Crippen LogP contribution in [0.4, 0.5) is 0 Å². The highest BCUT2D eigenvalue weighted by Crippen LogP contribution is 2.49. The molecule has 7 rings (SSSR count). The molecule has 0 nitrogen and oxygen atoms in total. The van der Waals surface area contributed by atoms with Crippen molar-refractivity contribution < 1.29 is 0 Å². The first-order valence-electron chi connectivity index (χ1n) is 33.4. The summed E-state index contributed by atoms with van der Waals surface area (Å²) in [6.45, 7) is 26.7. The fourth-order valence-electron chi connectivity index (χ4n) is 17.1. The molecule has 6 saturated carbocycles. The van der Waals surface area contributed by atoms with Gasteiger partial charge in [0.2, 0.25) is 0 Å². The Morgan fingerprint density at radius 3 is 1.90 bits per heavy atom. The minimum atomic E-state index is 0.712. The molecule has 14 atom stereocenters. The molecule has 6 fully saturated rings. The van der Waals surface area contributed by atoms with Crippen LogP contribution in [0.5, 0.6) is 0 Å². The third-order valence-electron chi connectivity index (χ3n) is 22.6. The maximum Gasteiger partial charge on any atom is -0.0202 e. The zero-order chi connectivity index (χ0) is 50.1. The second-order valence-electron chi connectivity index (χ2n) is 27.5. The molecule has 7 aliphatic rings. The zero-order valence-corrected chi connectivity index (χ0v) is 49.5. The van der Waals surface area contributed by atoms with Crippen LogP contribution < -0.4 is 0 Å². The molecule has 0 aromatic heterocycles. The van der Waals surface area contributed by atoms with E-state index in [1.54, 1.807) is 24.8 Å². The van der Waals surface area contributed by atoms with Gasteiger partial charge in [0.25, 0.3) is 0 Å². The van der Waals surface area contributed by atoms with Crippen LogP contribution in [0.25, 0.3) is 0 Å². The summed E-state index contributed by atoms with van der Waals surface area (Å²) in [7, 11) is 0. The minimum Gasteiger partial charge on any atom is -0.0996 e. The van der Waals surface area contributed by atoms with Crippen molar-refractivity contribution in [1.29, 1.82) is 0 Å². The van der Waals surface area contributed by atoms with Gasteiger partial charge < -0.3 is 0 Å². The standard InChI is InChI=1S/C40H70.C19H38.C11H20/c1-7-9-13-31(5)36-16-12-17-38(28-36)39-23-21-33(27-39)20-18-29(3)30(4)19-22-34(8-2)40-25-24-35-14-10-11-15-37(35)26-32(40)6;1-4-6-7-8-9-10-11-12-18(5-2)19-15-13-17(3)14-16-19;1-2-9-5-3-4-6-11(9)10-7-8-10/h12,17,29,31-40H,4,7-11,13-16,18-28H2,1-3,5-6H3;17-19H,4-16H2,1-3H3;9-11H,2-8H2,1H3. The molecule has 0 heterocycles. The number of hydrogen-bond acceptors (Lipinski definition) is 0. The van der Waals surface area contributed by atoms with Crippen molar-refractivity contribution in [3.05, 3.63) is 24.3 Å². The van der Waals surface area contributed by atoms with Gasteiger partial charge in [-0.15, -0.1) is 0 Å². The lowest BCUT2D eigenvalue weighted by atomic mass is 9.73. The molecule has 70 heavy (non-hydrogen) atoms. The maximum absolute atomic E-state index is 4.67. The predicted octanol–water partition coefficient (Wildman–Crippen LogP) is 23.4. The molecule has 0 amide bonds. The van der Waals surface area contributed by atoms with Crippen molar-refractivity contribution >= 4 is 0 Å². The molecule has 0 bridgehead atoms. The quantitative estimate of drug-likeness (QED) is 0.0599. The van der Waals surface area contributed by atoms with Crippen LogP contribution in [0.2, 0.25) is 0 Å². The fraction of sp³-hybridized carbons (Fsp3) is 0.943. The first-order valence-corrected chi connectivity index (χ1v) is 33.4. The highest BCUT2D eigenvalue weighted by molar-refractivity contribution is 5.03. The fourth-order valence-corrected chi connectivity index (χ4v) is 17.1. The van der Waals surface area contributed by atoms with E-state index in [2.05, 4.69) is 81.0 Å². The maximum atomic E-state index is 4.67. The molecule has 7 aliphatic carbocycles. The highest BCUT2D eigenvalue weighted by Gasteiger charge is 2.38. The van der Waals surface area contributed by atoms with Gasteiger partial charge in [-0.1, -0.05) is 241 Å². The van der Waals surface area contributed by atoms with Crippen LogP contribution in [0.3, 0.4) is 0 Å². The van der Waals surface area contributed by atoms with E-state index in [0.717, 1.165) is 88.8 Å². The molecule has 0 spiro atoms. The van der Waals surface area contributed by atoms with Crippen molar-refractivity contribution in [2.24, 2.45) is 101 Å². The summed E-state index contributed by atoms with van der Waals surface area (Å²) in [6.07, 6.45) is 64.2. The van der Waals surface area contributed by atoms with Gasteiger partial charge in [-0.3, -0.25) is 0 Å². The molecule has 408 valence electrons. The molecule has 14 unspecified atom stereocenters. The molecule has 0 aliphatic heterocycles. The van der Waals surface area contributed by atoms with E-state index in [1.165, 1.54) is 243 Å². The van der Waals surface area contributed by atoms with Crippen LogP contribution in [0, 0.1) is 101 Å². The van der Waals surface area contributed by atoms with Crippen LogP contribution >= 0.6 is 0 Å². The number of unbranched alkanes of at least 4 members (excludes halogenated alkanes) is 7. The Morgan fingerprint density at radius 1 is 0.543 bits per heavy atom. The number of rotatable bonds is 26. The van der Waals surface area contributed by atoms with E-state index < -0.39 is 0 Å². The second-order valence-corrected chi connectivity index (χ2v) is 27.5. The van der Waals surface area contributed by atoms with Gasteiger partial charge in [-0.05, 0) is 203 Å². The molecule has 0 N–H and O–H groups in total. The Bertz CT molecular complexity index is 1340. The summed E-state index contributed by atoms with van der Waals surface area (Å²) in [5.74, 6) is 16.9. The molecular formula is C70H128. The summed E-state index contributed by atoms with van der Waals surface area (Å²) in [5.41, 5.74) is 1.57. The van der Waals surface area contributed by atoms with Gasteiger partial charge in [0, 0.05) is 0 Å².